The van der Waals surface area contributed by atoms with Crippen LogP contribution in [0.5, 0.6) is 0 Å². The molecule has 0 aromatic rings. The van der Waals surface area contributed by atoms with E-state index in [1.165, 1.54) is 12.8 Å². The van der Waals surface area contributed by atoms with Crippen molar-refractivity contribution in [2.24, 2.45) is 0 Å². The highest BCUT2D eigenvalue weighted by atomic mass is 32.2. The van der Waals surface area contributed by atoms with E-state index in [0.29, 0.717) is 0 Å². The Balaban J connectivity index is 4.87. The highest BCUT2D eigenvalue weighted by Gasteiger charge is 2.19. The molecular formula is C17H36O2S2Si2. The van der Waals surface area contributed by atoms with Gasteiger partial charge in [0.05, 0.1) is 0 Å². The van der Waals surface area contributed by atoms with Gasteiger partial charge in [0.15, 0.2) is 0 Å². The zero-order chi connectivity index (χ0) is 17.9. The molecule has 0 atom stereocenters. The van der Waals surface area contributed by atoms with Crippen LogP contribution >= 0.6 is 23.5 Å². The van der Waals surface area contributed by atoms with Crippen LogP contribution < -0.4 is 0 Å². The summed E-state index contributed by atoms with van der Waals surface area (Å²) in [5, 5.41) is 2.19. The Kier molecular flexibility index (Phi) is 11.8. The van der Waals surface area contributed by atoms with E-state index in [0.717, 1.165) is 28.1 Å². The van der Waals surface area contributed by atoms with Crippen LogP contribution in [0.3, 0.4) is 0 Å². The third kappa shape index (κ3) is 15.5. The first kappa shape index (κ1) is 23.2. The van der Waals surface area contributed by atoms with E-state index < -0.39 is 16.6 Å². The van der Waals surface area contributed by atoms with Crippen LogP contribution in [0.25, 0.3) is 0 Å². The molecule has 0 aliphatic heterocycles. The maximum atomic E-state index is 6.20. The summed E-state index contributed by atoms with van der Waals surface area (Å²) in [6.07, 6.45) is 7.66. The molecule has 23 heavy (non-hydrogen) atoms. The first-order valence-corrected chi connectivity index (χ1v) is 17.4. The van der Waals surface area contributed by atoms with E-state index in [2.05, 4.69) is 65.3 Å². The summed E-state index contributed by atoms with van der Waals surface area (Å²) in [5.74, 6) is 2.23. The van der Waals surface area contributed by atoms with Crippen LogP contribution in [-0.2, 0) is 8.85 Å². The maximum absolute atomic E-state index is 6.20. The largest absolute Gasteiger partial charge is 0.540 e. The fourth-order valence-corrected chi connectivity index (χ4v) is 6.10. The van der Waals surface area contributed by atoms with Crippen molar-refractivity contribution in [2.45, 2.75) is 72.4 Å². The third-order valence-electron chi connectivity index (χ3n) is 2.28. The summed E-state index contributed by atoms with van der Waals surface area (Å²) in [5.41, 5.74) is 0. The second-order valence-corrected chi connectivity index (χ2v) is 18.5. The van der Waals surface area contributed by atoms with Crippen LogP contribution in [0.1, 0.15) is 33.1 Å². The first-order chi connectivity index (χ1) is 10.6. The lowest BCUT2D eigenvalue weighted by Gasteiger charge is -2.22. The van der Waals surface area contributed by atoms with Crippen molar-refractivity contribution in [1.29, 1.82) is 0 Å². The minimum Gasteiger partial charge on any atom is -0.540 e. The standard InChI is InChI=1S/C17H36O2S2Si2/c1-9-14-20-16(18-22(3,4)5)12-11-13-17(21-15-10-2)19-23(6,7)8/h12-13H,9-11,14-15H2,1-8H3/b16-12+,17-13+. The van der Waals surface area contributed by atoms with Crippen molar-refractivity contribution in [2.75, 3.05) is 11.5 Å². The highest BCUT2D eigenvalue weighted by Crippen LogP contribution is 2.26. The topological polar surface area (TPSA) is 18.5 Å². The molecule has 0 saturated carbocycles. The number of allylic oxidation sites excluding steroid dienone is 2. The minimum absolute atomic E-state index is 0.882. The van der Waals surface area contributed by atoms with E-state index in [1.54, 1.807) is 0 Å². The van der Waals surface area contributed by atoms with Gasteiger partial charge >= 0.3 is 0 Å². The lowest BCUT2D eigenvalue weighted by molar-refractivity contribution is 0.458. The van der Waals surface area contributed by atoms with Crippen molar-refractivity contribution in [3.8, 4) is 0 Å². The fourth-order valence-electron chi connectivity index (χ4n) is 1.52. The van der Waals surface area contributed by atoms with Gasteiger partial charge in [0, 0.05) is 11.5 Å². The summed E-state index contributed by atoms with van der Waals surface area (Å²) >= 11 is 3.67. The number of hydrogen-bond donors (Lipinski definition) is 0. The van der Waals surface area contributed by atoms with Crippen molar-refractivity contribution in [3.05, 3.63) is 22.3 Å². The van der Waals surface area contributed by atoms with E-state index in [9.17, 15) is 0 Å². The molecule has 0 heterocycles. The Hall–Kier alpha value is 0.214. The predicted molar refractivity (Wildman–Crippen MR) is 115 cm³/mol. The summed E-state index contributed by atoms with van der Waals surface area (Å²) in [7, 11) is -3.09. The molecule has 0 radical (unpaired) electrons. The molecule has 0 aliphatic carbocycles. The monoisotopic (exact) mass is 392 g/mol. The van der Waals surface area contributed by atoms with Crippen molar-refractivity contribution in [3.63, 3.8) is 0 Å². The molecule has 0 rings (SSSR count). The van der Waals surface area contributed by atoms with E-state index in [-0.39, 0.29) is 0 Å². The average molecular weight is 393 g/mol. The smallest absolute Gasteiger partial charge is 0.242 e. The molecule has 0 aromatic carbocycles. The molecule has 0 unspecified atom stereocenters. The van der Waals surface area contributed by atoms with Gasteiger partial charge in [-0.1, -0.05) is 37.4 Å². The van der Waals surface area contributed by atoms with Crippen molar-refractivity contribution < 1.29 is 8.85 Å². The second kappa shape index (κ2) is 11.7. The molecule has 2 nitrogen and oxygen atoms in total. The number of rotatable bonds is 12. The van der Waals surface area contributed by atoms with Crippen molar-refractivity contribution >= 4 is 40.2 Å². The third-order valence-corrected chi connectivity index (χ3v) is 6.53. The van der Waals surface area contributed by atoms with Crippen LogP contribution in [0, 0.1) is 0 Å². The highest BCUT2D eigenvalue weighted by molar-refractivity contribution is 8.03. The van der Waals surface area contributed by atoms with Gasteiger partial charge in [-0.2, -0.15) is 0 Å². The van der Waals surface area contributed by atoms with Gasteiger partial charge in [-0.05, 0) is 70.7 Å². The fraction of sp³-hybridized carbons (Fsp3) is 0.765. The molecule has 0 amide bonds. The normalized spacial score (nSPS) is 14.1. The van der Waals surface area contributed by atoms with Crippen LogP contribution in [0.4, 0.5) is 0 Å². The molecule has 0 spiro atoms. The predicted octanol–water partition coefficient (Wildman–Crippen LogP) is 7.05. The molecule has 0 N–H and O–H groups in total. The van der Waals surface area contributed by atoms with Gasteiger partial charge in [-0.25, -0.2) is 0 Å². The molecule has 0 aliphatic rings. The lowest BCUT2D eigenvalue weighted by atomic mass is 10.4. The second-order valence-electron chi connectivity index (χ2n) is 7.41. The summed E-state index contributed by atoms with van der Waals surface area (Å²) in [6.45, 7) is 17.8. The van der Waals surface area contributed by atoms with E-state index in [1.807, 2.05) is 23.5 Å². The molecular weight excluding hydrogens is 356 g/mol. The molecule has 0 aromatic heterocycles. The Bertz CT molecular complexity index is 347. The Labute approximate surface area is 155 Å². The Morgan fingerprint density at radius 3 is 1.35 bits per heavy atom. The zero-order valence-corrected chi connectivity index (χ0v) is 20.0. The Morgan fingerprint density at radius 2 is 1.09 bits per heavy atom. The van der Waals surface area contributed by atoms with Gasteiger partial charge in [0.2, 0.25) is 16.6 Å². The number of thioether (sulfide) groups is 2. The van der Waals surface area contributed by atoms with Crippen LogP contribution in [-0.4, -0.2) is 28.1 Å². The van der Waals surface area contributed by atoms with Gasteiger partial charge in [-0.3, -0.25) is 0 Å². The van der Waals surface area contributed by atoms with E-state index >= 15 is 0 Å². The summed E-state index contributed by atoms with van der Waals surface area (Å²) < 4.78 is 12.4. The first-order valence-electron chi connectivity index (χ1n) is 8.61. The molecule has 0 bridgehead atoms. The molecule has 0 saturated heterocycles. The minimum atomic E-state index is -1.55. The van der Waals surface area contributed by atoms with Crippen LogP contribution in [0.15, 0.2) is 22.3 Å². The van der Waals surface area contributed by atoms with Crippen molar-refractivity contribution in [1.82, 2.24) is 0 Å². The average Bonchev–Trinajstić information content (AvgIpc) is 2.38. The van der Waals surface area contributed by atoms with Gasteiger partial charge in [0.1, 0.15) is 10.2 Å². The number of hydrogen-bond acceptors (Lipinski definition) is 4. The summed E-state index contributed by atoms with van der Waals surface area (Å²) in [4.78, 5) is 0. The van der Waals surface area contributed by atoms with Gasteiger partial charge in [-0.15, -0.1) is 0 Å². The quantitative estimate of drug-likeness (QED) is 0.261. The molecule has 136 valence electrons. The van der Waals surface area contributed by atoms with Crippen LogP contribution in [0.2, 0.25) is 39.3 Å². The zero-order valence-electron chi connectivity index (χ0n) is 16.3. The van der Waals surface area contributed by atoms with E-state index in [4.69, 9.17) is 8.85 Å². The Morgan fingerprint density at radius 1 is 0.739 bits per heavy atom. The SMILES string of the molecule is CCCS/C(=C/C/C=C(\O[Si](C)(C)C)SCCC)O[Si](C)(C)C. The lowest BCUT2D eigenvalue weighted by Crippen LogP contribution is -2.24. The van der Waals surface area contributed by atoms with Gasteiger partial charge in [0.25, 0.3) is 0 Å². The molecule has 6 heteroatoms. The van der Waals surface area contributed by atoms with Gasteiger partial charge < -0.3 is 8.85 Å². The maximum Gasteiger partial charge on any atom is 0.242 e. The molecule has 0 fully saturated rings. The summed E-state index contributed by atoms with van der Waals surface area (Å²) in [6, 6.07) is 0.